The second-order valence-electron chi connectivity index (χ2n) is 4.32. The van der Waals surface area contributed by atoms with Crippen LogP contribution < -0.4 is 4.72 Å². The van der Waals surface area contributed by atoms with Crippen molar-refractivity contribution in [2.75, 3.05) is 4.72 Å². The summed E-state index contributed by atoms with van der Waals surface area (Å²) in [4.78, 5) is 3.59. The molecule has 20 heavy (non-hydrogen) atoms. The van der Waals surface area contributed by atoms with Gasteiger partial charge in [-0.05, 0) is 26.0 Å². The Morgan fingerprint density at radius 1 is 1.35 bits per heavy atom. The Hall–Kier alpha value is -2.40. The maximum Gasteiger partial charge on any atom is 0.265 e. The van der Waals surface area contributed by atoms with Gasteiger partial charge in [-0.2, -0.15) is 10.4 Å². The molecule has 0 saturated carbocycles. The number of rotatable bonds is 4. The fraction of sp³-hybridized carbons (Fsp3) is 0.250. The average Bonchev–Trinajstić information content (AvgIpc) is 2.86. The molecule has 0 spiro atoms. The van der Waals surface area contributed by atoms with Gasteiger partial charge >= 0.3 is 0 Å². The topological polar surface area (TPSA) is 101 Å². The zero-order valence-corrected chi connectivity index (χ0v) is 11.8. The molecule has 2 heterocycles. The van der Waals surface area contributed by atoms with Crippen molar-refractivity contribution in [3.8, 4) is 6.07 Å². The summed E-state index contributed by atoms with van der Waals surface area (Å²) < 4.78 is 28.6. The number of nitrogens with one attached hydrogen (secondary N) is 1. The van der Waals surface area contributed by atoms with E-state index in [0.717, 1.165) is 0 Å². The number of nitriles is 1. The monoisotopic (exact) mass is 291 g/mol. The first-order chi connectivity index (χ1) is 9.45. The molecular weight excluding hydrogens is 278 g/mol. The van der Waals surface area contributed by atoms with Gasteiger partial charge in [0.2, 0.25) is 0 Å². The Morgan fingerprint density at radius 3 is 2.75 bits per heavy atom. The van der Waals surface area contributed by atoms with Crippen molar-refractivity contribution >= 4 is 15.8 Å². The van der Waals surface area contributed by atoms with Gasteiger partial charge in [-0.1, -0.05) is 0 Å². The van der Waals surface area contributed by atoms with Gasteiger partial charge < -0.3 is 0 Å². The number of sulfonamides is 1. The third-order valence-corrected chi connectivity index (χ3v) is 3.95. The van der Waals surface area contributed by atoms with Gasteiger partial charge in [0.1, 0.15) is 16.8 Å². The minimum absolute atomic E-state index is 0.00651. The second kappa shape index (κ2) is 5.30. The molecule has 0 atom stereocenters. The van der Waals surface area contributed by atoms with Crippen LogP contribution in [0.25, 0.3) is 0 Å². The first-order valence-electron chi connectivity index (χ1n) is 5.87. The Labute approximate surface area is 116 Å². The average molecular weight is 291 g/mol. The lowest BCUT2D eigenvalue weighted by atomic mass is 10.4. The molecule has 2 rings (SSSR count). The highest BCUT2D eigenvalue weighted by molar-refractivity contribution is 7.92. The molecule has 2 aromatic rings. The van der Waals surface area contributed by atoms with Crippen molar-refractivity contribution < 1.29 is 8.42 Å². The number of anilines is 1. The van der Waals surface area contributed by atoms with Crippen LogP contribution >= 0.6 is 0 Å². The summed E-state index contributed by atoms with van der Waals surface area (Å²) in [5.74, 6) is 0.341. The van der Waals surface area contributed by atoms with Crippen LogP contribution in [-0.4, -0.2) is 23.2 Å². The first-order valence-corrected chi connectivity index (χ1v) is 7.35. The number of aromatic nitrogens is 3. The molecule has 0 bridgehead atoms. The highest BCUT2D eigenvalue weighted by atomic mass is 32.2. The predicted molar refractivity (Wildman–Crippen MR) is 72.4 cm³/mol. The fourth-order valence-electron chi connectivity index (χ4n) is 1.69. The van der Waals surface area contributed by atoms with Crippen LogP contribution in [-0.2, 0) is 10.0 Å². The van der Waals surface area contributed by atoms with Crippen molar-refractivity contribution in [1.29, 1.82) is 5.26 Å². The lowest BCUT2D eigenvalue weighted by Gasteiger charge is -2.13. The summed E-state index contributed by atoms with van der Waals surface area (Å²) in [7, 11) is -3.88. The maximum absolute atomic E-state index is 12.3. The maximum atomic E-state index is 12.3. The van der Waals surface area contributed by atoms with Crippen molar-refractivity contribution in [3.05, 3.63) is 36.3 Å². The Morgan fingerprint density at radius 2 is 2.10 bits per heavy atom. The Bertz CT molecular complexity index is 758. The van der Waals surface area contributed by atoms with E-state index in [9.17, 15) is 8.42 Å². The molecule has 0 aliphatic heterocycles. The molecular formula is C12H13N5O2S. The molecule has 0 unspecified atom stereocenters. The highest BCUT2D eigenvalue weighted by Gasteiger charge is 2.21. The zero-order chi connectivity index (χ0) is 14.8. The van der Waals surface area contributed by atoms with E-state index in [1.54, 1.807) is 16.8 Å². The predicted octanol–water partition coefficient (Wildman–Crippen LogP) is 1.53. The van der Waals surface area contributed by atoms with E-state index in [2.05, 4.69) is 14.8 Å². The van der Waals surface area contributed by atoms with E-state index in [1.807, 2.05) is 13.8 Å². The van der Waals surface area contributed by atoms with Crippen LogP contribution in [0.3, 0.4) is 0 Å². The van der Waals surface area contributed by atoms with Crippen LogP contribution in [0.5, 0.6) is 0 Å². The van der Waals surface area contributed by atoms with Gasteiger partial charge in [0.25, 0.3) is 10.0 Å². The lowest BCUT2D eigenvalue weighted by molar-refractivity contribution is 0.539. The number of pyridine rings is 1. The molecule has 0 aliphatic rings. The Balaban J connectivity index is 2.42. The van der Waals surface area contributed by atoms with Crippen LogP contribution in [0, 0.1) is 11.3 Å². The Kier molecular flexibility index (Phi) is 3.72. The quantitative estimate of drug-likeness (QED) is 0.920. The molecule has 8 heteroatoms. The van der Waals surface area contributed by atoms with Crippen LogP contribution in [0.15, 0.2) is 35.5 Å². The molecule has 0 fully saturated rings. The molecule has 0 aromatic carbocycles. The standard InChI is InChI=1S/C12H13N5O2S/c1-9(2)17-12(5-7-15-17)16-20(18,19)11-4-3-6-14-10(11)8-13/h3-7,9,16H,1-2H3. The summed E-state index contributed by atoms with van der Waals surface area (Å²) in [6.45, 7) is 3.77. The first kappa shape index (κ1) is 14.0. The molecule has 0 amide bonds. The van der Waals surface area contributed by atoms with Crippen LogP contribution in [0.2, 0.25) is 0 Å². The minimum atomic E-state index is -3.88. The summed E-state index contributed by atoms with van der Waals surface area (Å²) in [6.07, 6.45) is 2.88. The molecule has 2 aromatic heterocycles. The van der Waals surface area contributed by atoms with Crippen molar-refractivity contribution in [3.63, 3.8) is 0 Å². The van der Waals surface area contributed by atoms with Gasteiger partial charge in [-0.3, -0.25) is 4.72 Å². The van der Waals surface area contributed by atoms with Crippen LogP contribution in [0.4, 0.5) is 5.82 Å². The van der Waals surface area contributed by atoms with Gasteiger partial charge in [0.05, 0.1) is 6.20 Å². The third kappa shape index (κ3) is 2.62. The SMILES string of the molecule is CC(C)n1nccc1NS(=O)(=O)c1cccnc1C#N. The van der Waals surface area contributed by atoms with Crippen molar-refractivity contribution in [1.82, 2.24) is 14.8 Å². The fourth-order valence-corrected chi connectivity index (χ4v) is 2.85. The lowest BCUT2D eigenvalue weighted by Crippen LogP contribution is -2.18. The summed E-state index contributed by atoms with van der Waals surface area (Å²) in [5.41, 5.74) is -0.143. The molecule has 0 aliphatic carbocycles. The van der Waals surface area contributed by atoms with Crippen molar-refractivity contribution in [2.45, 2.75) is 24.8 Å². The van der Waals surface area contributed by atoms with Gasteiger partial charge in [0, 0.05) is 18.3 Å². The van der Waals surface area contributed by atoms with Gasteiger partial charge in [-0.15, -0.1) is 0 Å². The summed E-state index contributed by atoms with van der Waals surface area (Å²) in [5, 5.41) is 13.0. The number of hydrogen-bond donors (Lipinski definition) is 1. The van der Waals surface area contributed by atoms with E-state index >= 15 is 0 Å². The van der Waals surface area contributed by atoms with E-state index in [4.69, 9.17) is 5.26 Å². The molecule has 1 N–H and O–H groups in total. The second-order valence-corrected chi connectivity index (χ2v) is 5.97. The smallest absolute Gasteiger partial charge is 0.263 e. The molecule has 0 saturated heterocycles. The minimum Gasteiger partial charge on any atom is -0.263 e. The third-order valence-electron chi connectivity index (χ3n) is 2.56. The molecule has 104 valence electrons. The number of nitrogens with zero attached hydrogens (tertiary/aromatic N) is 4. The van der Waals surface area contributed by atoms with E-state index in [-0.39, 0.29) is 16.6 Å². The zero-order valence-electron chi connectivity index (χ0n) is 11.0. The summed E-state index contributed by atoms with van der Waals surface area (Å²) >= 11 is 0. The van der Waals surface area contributed by atoms with Gasteiger partial charge in [-0.25, -0.2) is 18.1 Å². The summed E-state index contributed by atoms with van der Waals surface area (Å²) in [6, 6.07) is 6.13. The molecule has 0 radical (unpaired) electrons. The van der Waals surface area contributed by atoms with E-state index in [0.29, 0.717) is 5.82 Å². The van der Waals surface area contributed by atoms with Crippen molar-refractivity contribution in [2.24, 2.45) is 0 Å². The van der Waals surface area contributed by atoms with E-state index in [1.165, 1.54) is 24.5 Å². The van der Waals surface area contributed by atoms with E-state index < -0.39 is 10.0 Å². The normalized spacial score (nSPS) is 11.3. The largest absolute Gasteiger partial charge is 0.265 e. The highest BCUT2D eigenvalue weighted by Crippen LogP contribution is 2.19. The van der Waals surface area contributed by atoms with Gasteiger partial charge in [0.15, 0.2) is 5.69 Å². The van der Waals surface area contributed by atoms with Crippen LogP contribution in [0.1, 0.15) is 25.6 Å². The molecule has 7 nitrogen and oxygen atoms in total. The number of hydrogen-bond acceptors (Lipinski definition) is 5.